The van der Waals surface area contributed by atoms with E-state index in [-0.39, 0.29) is 5.91 Å². The molecule has 1 fully saturated rings. The van der Waals surface area contributed by atoms with Gasteiger partial charge in [-0.2, -0.15) is 0 Å². The molecule has 0 spiro atoms. The highest BCUT2D eigenvalue weighted by Gasteiger charge is 2.22. The van der Waals surface area contributed by atoms with Gasteiger partial charge in [-0.05, 0) is 44.6 Å². The Kier molecular flexibility index (Phi) is 7.59. The van der Waals surface area contributed by atoms with Crippen molar-refractivity contribution in [1.82, 2.24) is 16.0 Å². The predicted molar refractivity (Wildman–Crippen MR) is 99.1 cm³/mol. The number of nitrogens with one attached hydrogen (secondary N) is 3. The molecule has 5 heteroatoms. The number of aliphatic imine (C=N–C) groups is 1. The largest absolute Gasteiger partial charge is 0.356 e. The monoisotopic (exact) mass is 330 g/mol. The molecule has 0 bridgehead atoms. The molecule has 24 heavy (non-hydrogen) atoms. The van der Waals surface area contributed by atoms with E-state index in [9.17, 15) is 4.79 Å². The fourth-order valence-corrected chi connectivity index (χ4v) is 2.51. The summed E-state index contributed by atoms with van der Waals surface area (Å²) < 4.78 is 0. The van der Waals surface area contributed by atoms with Crippen molar-refractivity contribution in [2.24, 2.45) is 4.99 Å². The molecule has 1 aliphatic carbocycles. The van der Waals surface area contributed by atoms with Crippen molar-refractivity contribution in [3.63, 3.8) is 0 Å². The number of hydrogen-bond acceptors (Lipinski definition) is 2. The zero-order chi connectivity index (χ0) is 17.2. The van der Waals surface area contributed by atoms with Crippen molar-refractivity contribution < 1.29 is 4.79 Å². The standard InChI is InChI=1S/C19H30N4O/c1-15(10-11-16-7-4-3-5-8-16)22-19(20-2)21-14-6-9-18(24)23-17-12-13-17/h3-5,7-8,15,17H,6,9-14H2,1-2H3,(H,23,24)(H2,20,21,22). The van der Waals surface area contributed by atoms with Gasteiger partial charge in [0.2, 0.25) is 5.91 Å². The van der Waals surface area contributed by atoms with Crippen molar-refractivity contribution in [1.29, 1.82) is 0 Å². The van der Waals surface area contributed by atoms with Crippen molar-refractivity contribution in [3.8, 4) is 0 Å². The second kappa shape index (κ2) is 9.96. The van der Waals surface area contributed by atoms with E-state index in [2.05, 4.69) is 52.1 Å². The molecule has 2 rings (SSSR count). The van der Waals surface area contributed by atoms with E-state index in [1.54, 1.807) is 7.05 Å². The molecule has 5 nitrogen and oxygen atoms in total. The summed E-state index contributed by atoms with van der Waals surface area (Å²) in [5.41, 5.74) is 1.36. The minimum atomic E-state index is 0.165. The van der Waals surface area contributed by atoms with Crippen molar-refractivity contribution >= 4 is 11.9 Å². The molecule has 1 aromatic carbocycles. The summed E-state index contributed by atoms with van der Waals surface area (Å²) >= 11 is 0. The molecule has 1 atom stereocenters. The van der Waals surface area contributed by atoms with Crippen molar-refractivity contribution in [2.75, 3.05) is 13.6 Å². The summed E-state index contributed by atoms with van der Waals surface area (Å²) in [5, 5.41) is 9.70. The number of hydrogen-bond donors (Lipinski definition) is 3. The first kappa shape index (κ1) is 18.3. The number of amides is 1. The van der Waals surface area contributed by atoms with Gasteiger partial charge in [0.1, 0.15) is 0 Å². The van der Waals surface area contributed by atoms with Gasteiger partial charge >= 0.3 is 0 Å². The highest BCUT2D eigenvalue weighted by molar-refractivity contribution is 5.80. The van der Waals surface area contributed by atoms with Gasteiger partial charge in [-0.15, -0.1) is 0 Å². The second-order valence-electron chi connectivity index (χ2n) is 6.51. The van der Waals surface area contributed by atoms with Gasteiger partial charge in [0, 0.05) is 32.1 Å². The molecule has 1 aliphatic rings. The van der Waals surface area contributed by atoms with E-state index in [1.165, 1.54) is 5.56 Å². The van der Waals surface area contributed by atoms with E-state index in [4.69, 9.17) is 0 Å². The fourth-order valence-electron chi connectivity index (χ4n) is 2.51. The van der Waals surface area contributed by atoms with Crippen LogP contribution in [0.3, 0.4) is 0 Å². The average molecular weight is 330 g/mol. The minimum absolute atomic E-state index is 0.165. The molecule has 1 unspecified atom stereocenters. The normalized spacial score (nSPS) is 15.7. The maximum Gasteiger partial charge on any atom is 0.220 e. The lowest BCUT2D eigenvalue weighted by atomic mass is 10.1. The third-order valence-corrected chi connectivity index (χ3v) is 4.13. The number of guanidine groups is 1. The zero-order valence-corrected chi connectivity index (χ0v) is 14.8. The zero-order valence-electron chi connectivity index (χ0n) is 14.8. The van der Waals surface area contributed by atoms with Crippen LogP contribution in [0.5, 0.6) is 0 Å². The second-order valence-corrected chi connectivity index (χ2v) is 6.51. The molecule has 1 aromatic rings. The lowest BCUT2D eigenvalue weighted by Crippen LogP contribution is -2.42. The van der Waals surface area contributed by atoms with Gasteiger partial charge < -0.3 is 16.0 Å². The van der Waals surface area contributed by atoms with Crippen LogP contribution in [0.15, 0.2) is 35.3 Å². The van der Waals surface area contributed by atoms with Gasteiger partial charge in [0.15, 0.2) is 5.96 Å². The van der Waals surface area contributed by atoms with Crippen molar-refractivity contribution in [2.45, 2.75) is 57.5 Å². The lowest BCUT2D eigenvalue weighted by Gasteiger charge is -2.18. The van der Waals surface area contributed by atoms with E-state index in [1.807, 2.05) is 6.07 Å². The van der Waals surface area contributed by atoms with Crippen molar-refractivity contribution in [3.05, 3.63) is 35.9 Å². The predicted octanol–water partition coefficient (Wildman–Crippen LogP) is 2.23. The van der Waals surface area contributed by atoms with E-state index in [0.29, 0.717) is 18.5 Å². The summed E-state index contributed by atoms with van der Waals surface area (Å²) in [6, 6.07) is 11.3. The third kappa shape index (κ3) is 7.49. The minimum Gasteiger partial charge on any atom is -0.356 e. The maximum atomic E-state index is 11.6. The summed E-state index contributed by atoms with van der Waals surface area (Å²) in [4.78, 5) is 15.9. The Hall–Kier alpha value is -2.04. The molecule has 0 aliphatic heterocycles. The Balaban J connectivity index is 1.57. The Morgan fingerprint density at radius 2 is 2.04 bits per heavy atom. The van der Waals surface area contributed by atoms with Gasteiger partial charge in [0.25, 0.3) is 0 Å². The smallest absolute Gasteiger partial charge is 0.220 e. The van der Waals surface area contributed by atoms with Crippen LogP contribution >= 0.6 is 0 Å². The number of nitrogens with zero attached hydrogens (tertiary/aromatic N) is 1. The van der Waals surface area contributed by atoms with Crippen LogP contribution in [0.25, 0.3) is 0 Å². The summed E-state index contributed by atoms with van der Waals surface area (Å²) in [7, 11) is 1.78. The Labute approximate surface area is 145 Å². The van der Waals surface area contributed by atoms with Gasteiger partial charge in [-0.3, -0.25) is 9.79 Å². The fraction of sp³-hybridized carbons (Fsp3) is 0.579. The molecule has 0 heterocycles. The Morgan fingerprint density at radius 1 is 1.29 bits per heavy atom. The third-order valence-electron chi connectivity index (χ3n) is 4.13. The van der Waals surface area contributed by atoms with Crippen LogP contribution in [0.2, 0.25) is 0 Å². The number of aryl methyl sites for hydroxylation is 1. The van der Waals surface area contributed by atoms with E-state index >= 15 is 0 Å². The molecule has 0 saturated heterocycles. The van der Waals surface area contributed by atoms with Crippen LogP contribution in [-0.2, 0) is 11.2 Å². The van der Waals surface area contributed by atoms with Gasteiger partial charge in [-0.25, -0.2) is 0 Å². The summed E-state index contributed by atoms with van der Waals surface area (Å²) in [6.45, 7) is 2.92. The maximum absolute atomic E-state index is 11.6. The molecule has 1 amide bonds. The van der Waals surface area contributed by atoms with Crippen LogP contribution in [0.1, 0.15) is 44.6 Å². The SMILES string of the molecule is CN=C(NCCCC(=O)NC1CC1)NC(C)CCc1ccccc1. The molecular formula is C19H30N4O. The first-order valence-corrected chi connectivity index (χ1v) is 8.98. The van der Waals surface area contributed by atoms with Crippen LogP contribution in [-0.4, -0.2) is 37.5 Å². The number of carbonyl (C=O) groups is 1. The molecular weight excluding hydrogens is 300 g/mol. The molecule has 3 N–H and O–H groups in total. The first-order chi connectivity index (χ1) is 11.7. The van der Waals surface area contributed by atoms with Crippen LogP contribution in [0.4, 0.5) is 0 Å². The Bertz CT molecular complexity index is 525. The lowest BCUT2D eigenvalue weighted by molar-refractivity contribution is -0.121. The van der Waals surface area contributed by atoms with Crippen LogP contribution in [0, 0.1) is 0 Å². The van der Waals surface area contributed by atoms with Crippen LogP contribution < -0.4 is 16.0 Å². The molecule has 0 aromatic heterocycles. The number of carbonyl (C=O) groups excluding carboxylic acids is 1. The average Bonchev–Trinajstić information content (AvgIpc) is 3.40. The van der Waals surface area contributed by atoms with Gasteiger partial charge in [-0.1, -0.05) is 30.3 Å². The highest BCUT2D eigenvalue weighted by atomic mass is 16.1. The first-order valence-electron chi connectivity index (χ1n) is 8.98. The number of benzene rings is 1. The quantitative estimate of drug-likeness (QED) is 0.369. The van der Waals surface area contributed by atoms with Gasteiger partial charge in [0.05, 0.1) is 0 Å². The summed E-state index contributed by atoms with van der Waals surface area (Å²) in [5.74, 6) is 0.969. The van der Waals surface area contributed by atoms with E-state index in [0.717, 1.165) is 44.6 Å². The number of rotatable bonds is 9. The molecule has 1 saturated carbocycles. The molecule has 132 valence electrons. The topological polar surface area (TPSA) is 65.5 Å². The highest BCUT2D eigenvalue weighted by Crippen LogP contribution is 2.18. The summed E-state index contributed by atoms with van der Waals surface area (Å²) in [6.07, 6.45) is 5.77. The molecule has 0 radical (unpaired) electrons. The van der Waals surface area contributed by atoms with E-state index < -0.39 is 0 Å². The Morgan fingerprint density at radius 3 is 2.71 bits per heavy atom.